The number of carbonyl (C=O) groups is 3. The maximum atomic E-state index is 12.6. The fourth-order valence-electron chi connectivity index (χ4n) is 2.64. The summed E-state index contributed by atoms with van der Waals surface area (Å²) in [5.41, 5.74) is 0.179. The first-order valence-electron chi connectivity index (χ1n) is 8.27. The minimum atomic E-state index is -1.02. The number of carboxylic acids is 1. The summed E-state index contributed by atoms with van der Waals surface area (Å²) in [6.45, 7) is 8.06. The van der Waals surface area contributed by atoms with Gasteiger partial charge in [0.05, 0.1) is 12.1 Å². The van der Waals surface area contributed by atoms with Crippen molar-refractivity contribution in [3.05, 3.63) is 18.2 Å². The van der Waals surface area contributed by atoms with E-state index < -0.39 is 11.6 Å². The topological polar surface area (TPSA) is 95.9 Å². The van der Waals surface area contributed by atoms with E-state index >= 15 is 0 Å². The van der Waals surface area contributed by atoms with Crippen LogP contribution in [0.2, 0.25) is 0 Å². The van der Waals surface area contributed by atoms with E-state index in [0.29, 0.717) is 29.6 Å². The summed E-state index contributed by atoms with van der Waals surface area (Å²) in [6.07, 6.45) is -0.326. The van der Waals surface area contributed by atoms with Crippen LogP contribution in [-0.2, 0) is 14.4 Å². The molecule has 0 spiro atoms. The van der Waals surface area contributed by atoms with Gasteiger partial charge in [0.15, 0.2) is 5.60 Å². The average molecular weight is 348 g/mol. The van der Waals surface area contributed by atoms with Crippen LogP contribution in [0.3, 0.4) is 0 Å². The van der Waals surface area contributed by atoms with Crippen LogP contribution in [0.15, 0.2) is 18.2 Å². The number of amides is 2. The van der Waals surface area contributed by atoms with Crippen molar-refractivity contribution < 1.29 is 24.2 Å². The molecule has 1 aromatic rings. The van der Waals surface area contributed by atoms with Gasteiger partial charge < -0.3 is 20.1 Å². The minimum Gasteiger partial charge on any atom is -0.481 e. The lowest BCUT2D eigenvalue weighted by Gasteiger charge is -2.39. The number of nitrogens with zero attached hydrogens (tertiary/aromatic N) is 1. The summed E-state index contributed by atoms with van der Waals surface area (Å²) in [7, 11) is 0. The molecular formula is C18H24N2O5. The Hall–Kier alpha value is -2.57. The lowest BCUT2D eigenvalue weighted by Crippen LogP contribution is -2.53. The highest BCUT2D eigenvalue weighted by molar-refractivity contribution is 6.03. The van der Waals surface area contributed by atoms with Crippen LogP contribution in [0.25, 0.3) is 0 Å². The summed E-state index contributed by atoms with van der Waals surface area (Å²) in [5.74, 6) is -0.699. The average Bonchev–Trinajstić information content (AvgIpc) is 2.49. The zero-order valence-corrected chi connectivity index (χ0v) is 15.0. The Morgan fingerprint density at radius 1 is 1.28 bits per heavy atom. The molecule has 2 N–H and O–H groups in total. The fourth-order valence-corrected chi connectivity index (χ4v) is 2.64. The highest BCUT2D eigenvalue weighted by Gasteiger charge is 2.41. The van der Waals surface area contributed by atoms with Crippen molar-refractivity contribution in [2.45, 2.75) is 46.1 Å². The second-order valence-electron chi connectivity index (χ2n) is 7.05. The zero-order chi connectivity index (χ0) is 18.8. The molecule has 0 aliphatic carbocycles. The van der Waals surface area contributed by atoms with Crippen LogP contribution < -0.4 is 15.0 Å². The van der Waals surface area contributed by atoms with Gasteiger partial charge in [0.2, 0.25) is 5.91 Å². The van der Waals surface area contributed by atoms with E-state index in [9.17, 15) is 14.4 Å². The molecule has 25 heavy (non-hydrogen) atoms. The van der Waals surface area contributed by atoms with E-state index in [2.05, 4.69) is 5.32 Å². The SMILES string of the molecule is CC(C)CN1C(=O)C(C)(C)Oc2cc(NC(=O)CCC(=O)O)ccc21. The molecule has 2 amide bonds. The number of carboxylic acid groups (broad SMARTS) is 1. The van der Waals surface area contributed by atoms with E-state index in [1.165, 1.54) is 0 Å². The van der Waals surface area contributed by atoms with E-state index in [0.717, 1.165) is 0 Å². The molecule has 2 rings (SSSR count). The number of hydrogen-bond donors (Lipinski definition) is 2. The third kappa shape index (κ3) is 4.49. The smallest absolute Gasteiger partial charge is 0.303 e. The Bertz CT molecular complexity index is 697. The summed E-state index contributed by atoms with van der Waals surface area (Å²) in [5, 5.41) is 11.3. The molecule has 0 fully saturated rings. The Balaban J connectivity index is 2.24. The van der Waals surface area contributed by atoms with E-state index in [1.807, 2.05) is 13.8 Å². The number of fused-ring (bicyclic) bond motifs is 1. The zero-order valence-electron chi connectivity index (χ0n) is 15.0. The van der Waals surface area contributed by atoms with Crippen molar-refractivity contribution >= 4 is 29.2 Å². The molecule has 0 aromatic heterocycles. The lowest BCUT2D eigenvalue weighted by molar-refractivity contribution is -0.138. The first-order chi connectivity index (χ1) is 11.6. The van der Waals surface area contributed by atoms with Gasteiger partial charge in [-0.2, -0.15) is 0 Å². The summed E-state index contributed by atoms with van der Waals surface area (Å²) in [4.78, 5) is 36.7. The highest BCUT2D eigenvalue weighted by Crippen LogP contribution is 2.39. The Labute approximate surface area is 147 Å². The Morgan fingerprint density at radius 3 is 2.56 bits per heavy atom. The molecule has 0 radical (unpaired) electrons. The van der Waals surface area contributed by atoms with Crippen molar-refractivity contribution in [1.82, 2.24) is 0 Å². The second-order valence-corrected chi connectivity index (χ2v) is 7.05. The quantitative estimate of drug-likeness (QED) is 0.824. The number of nitrogens with one attached hydrogen (secondary N) is 1. The van der Waals surface area contributed by atoms with Crippen LogP contribution >= 0.6 is 0 Å². The number of anilines is 2. The molecule has 7 nitrogen and oxygen atoms in total. The molecule has 7 heteroatoms. The largest absolute Gasteiger partial charge is 0.481 e. The van der Waals surface area contributed by atoms with Crippen LogP contribution in [0.5, 0.6) is 5.75 Å². The molecule has 1 aliphatic rings. The standard InChI is InChI=1S/C18H24N2O5/c1-11(2)10-20-13-6-5-12(19-15(21)7-8-16(22)23)9-14(13)25-18(3,4)17(20)24/h5-6,9,11H,7-8,10H2,1-4H3,(H,19,21)(H,22,23). The molecular weight excluding hydrogens is 324 g/mol. The molecule has 136 valence electrons. The first kappa shape index (κ1) is 18.8. The van der Waals surface area contributed by atoms with E-state index in [1.54, 1.807) is 36.9 Å². The maximum Gasteiger partial charge on any atom is 0.303 e. The van der Waals surface area contributed by atoms with Gasteiger partial charge in [0.25, 0.3) is 5.91 Å². The van der Waals surface area contributed by atoms with Crippen LogP contribution in [0.4, 0.5) is 11.4 Å². The van der Waals surface area contributed by atoms with Gasteiger partial charge >= 0.3 is 5.97 Å². The maximum absolute atomic E-state index is 12.6. The molecule has 0 unspecified atom stereocenters. The van der Waals surface area contributed by atoms with Crippen molar-refractivity contribution in [2.75, 3.05) is 16.8 Å². The van der Waals surface area contributed by atoms with Gasteiger partial charge in [-0.15, -0.1) is 0 Å². The van der Waals surface area contributed by atoms with Gasteiger partial charge in [-0.1, -0.05) is 13.8 Å². The molecule has 0 saturated heterocycles. The van der Waals surface area contributed by atoms with Crippen molar-refractivity contribution in [3.63, 3.8) is 0 Å². The third-order valence-electron chi connectivity index (χ3n) is 3.77. The van der Waals surface area contributed by atoms with Gasteiger partial charge in [0.1, 0.15) is 5.75 Å². The monoisotopic (exact) mass is 348 g/mol. The van der Waals surface area contributed by atoms with Crippen molar-refractivity contribution in [3.8, 4) is 5.75 Å². The summed E-state index contributed by atoms with van der Waals surface area (Å²) >= 11 is 0. The van der Waals surface area contributed by atoms with Crippen molar-refractivity contribution in [2.24, 2.45) is 5.92 Å². The summed E-state index contributed by atoms with van der Waals surface area (Å²) in [6, 6.07) is 5.08. The van der Waals surface area contributed by atoms with E-state index in [-0.39, 0.29) is 24.7 Å². The Kier molecular flexibility index (Phi) is 5.35. The number of carbonyl (C=O) groups excluding carboxylic acids is 2. The second kappa shape index (κ2) is 7.13. The normalized spacial score (nSPS) is 15.6. The van der Waals surface area contributed by atoms with Gasteiger partial charge in [-0.25, -0.2) is 0 Å². The molecule has 0 atom stereocenters. The highest BCUT2D eigenvalue weighted by atomic mass is 16.5. The molecule has 0 bridgehead atoms. The molecule has 0 saturated carbocycles. The Morgan fingerprint density at radius 2 is 1.96 bits per heavy atom. The van der Waals surface area contributed by atoms with Gasteiger partial charge in [0, 0.05) is 24.7 Å². The fraction of sp³-hybridized carbons (Fsp3) is 0.500. The predicted octanol–water partition coefficient (Wildman–Crippen LogP) is 2.65. The number of ether oxygens (including phenoxy) is 1. The van der Waals surface area contributed by atoms with Crippen molar-refractivity contribution in [1.29, 1.82) is 0 Å². The number of hydrogen-bond acceptors (Lipinski definition) is 4. The van der Waals surface area contributed by atoms with Gasteiger partial charge in [-0.05, 0) is 31.9 Å². The number of aliphatic carboxylic acids is 1. The predicted molar refractivity (Wildman–Crippen MR) is 93.8 cm³/mol. The number of benzene rings is 1. The van der Waals surface area contributed by atoms with E-state index in [4.69, 9.17) is 9.84 Å². The first-order valence-corrected chi connectivity index (χ1v) is 8.27. The van der Waals surface area contributed by atoms with Crippen LogP contribution in [0, 0.1) is 5.92 Å². The molecule has 1 aliphatic heterocycles. The molecule has 1 aromatic carbocycles. The third-order valence-corrected chi connectivity index (χ3v) is 3.77. The summed E-state index contributed by atoms with van der Waals surface area (Å²) < 4.78 is 5.83. The van der Waals surface area contributed by atoms with Crippen LogP contribution in [-0.4, -0.2) is 35.0 Å². The molecule has 1 heterocycles. The minimum absolute atomic E-state index is 0.100. The lowest BCUT2D eigenvalue weighted by atomic mass is 10.0. The van der Waals surface area contributed by atoms with Gasteiger partial charge in [-0.3, -0.25) is 14.4 Å². The number of rotatable bonds is 6. The van der Waals surface area contributed by atoms with Crippen LogP contribution in [0.1, 0.15) is 40.5 Å².